The third-order valence-electron chi connectivity index (χ3n) is 4.65. The van der Waals surface area contributed by atoms with Gasteiger partial charge in [-0.05, 0) is 68.5 Å². The quantitative estimate of drug-likeness (QED) is 0.282. The second-order valence-electron chi connectivity index (χ2n) is 6.97. The van der Waals surface area contributed by atoms with Crippen LogP contribution in [-0.2, 0) is 4.74 Å². The molecule has 0 bridgehead atoms. The zero-order valence-corrected chi connectivity index (χ0v) is 18.1. The predicted octanol–water partition coefficient (Wildman–Crippen LogP) is 5.66. The largest absolute Gasteiger partial charge is 0.493 e. The molecule has 2 aromatic rings. The van der Waals surface area contributed by atoms with Crippen LogP contribution < -0.4 is 10.5 Å². The number of nitrogens with two attached hydrogens (primary N) is 1. The van der Waals surface area contributed by atoms with Gasteiger partial charge in [0.1, 0.15) is 11.6 Å². The van der Waals surface area contributed by atoms with Crippen LogP contribution >= 0.6 is 11.6 Å². The topological polar surface area (TPSA) is 80.7 Å². The minimum absolute atomic E-state index is 0.0246. The highest BCUT2D eigenvalue weighted by Crippen LogP contribution is 2.33. The van der Waals surface area contributed by atoms with E-state index in [1.807, 2.05) is 43.3 Å². The molecule has 5 nitrogen and oxygen atoms in total. The Hall–Kier alpha value is -2.37. The summed E-state index contributed by atoms with van der Waals surface area (Å²) in [6.07, 6.45) is 3.04. The van der Waals surface area contributed by atoms with Crippen molar-refractivity contribution in [1.29, 1.82) is 5.41 Å². The summed E-state index contributed by atoms with van der Waals surface area (Å²) < 4.78 is 11.2. The minimum atomic E-state index is -0.193. The summed E-state index contributed by atoms with van der Waals surface area (Å²) in [5.41, 5.74) is 9.11. The van der Waals surface area contributed by atoms with Crippen LogP contribution in [0, 0.1) is 5.41 Å². The van der Waals surface area contributed by atoms with Gasteiger partial charge >= 0.3 is 0 Å². The maximum Gasteiger partial charge on any atom is 0.136 e. The van der Waals surface area contributed by atoms with Gasteiger partial charge < -0.3 is 15.2 Å². The first-order chi connectivity index (χ1) is 13.9. The number of halogens is 1. The van der Waals surface area contributed by atoms with Gasteiger partial charge in [0, 0.05) is 24.3 Å². The van der Waals surface area contributed by atoms with Gasteiger partial charge in [0.2, 0.25) is 0 Å². The summed E-state index contributed by atoms with van der Waals surface area (Å²) in [4.78, 5) is 4.57. The molecule has 0 radical (unpaired) electrons. The highest BCUT2D eigenvalue weighted by Gasteiger charge is 2.14. The second kappa shape index (κ2) is 11.6. The fraction of sp³-hybridized carbons (Fsp3) is 0.391. The van der Waals surface area contributed by atoms with Crippen molar-refractivity contribution in [3.63, 3.8) is 0 Å². The number of amidine groups is 1. The number of ether oxygens (including phenoxy) is 2. The number of methoxy groups -OCH3 is 1. The van der Waals surface area contributed by atoms with Crippen LogP contribution in [0.1, 0.15) is 44.7 Å². The van der Waals surface area contributed by atoms with Gasteiger partial charge in [0.15, 0.2) is 0 Å². The average molecular weight is 416 g/mol. The lowest BCUT2D eigenvalue weighted by Gasteiger charge is -2.17. The molecule has 2 rings (SSSR count). The van der Waals surface area contributed by atoms with Crippen LogP contribution in [0.3, 0.4) is 0 Å². The Bertz CT molecular complexity index is 852. The Morgan fingerprint density at radius 1 is 1.10 bits per heavy atom. The standard InChI is InChI=1S/C23H30ClN3O2/c1-16(27-17(2)23(25)26)21-15-19(18-8-7-9-20(24)14-18)10-11-22(21)29-13-6-4-5-12-28-3/h7-11,14-16H,4-6,12-13H2,1-3H3,(H3,25,26)/b27-17-. The molecule has 1 atom stereocenters. The van der Waals surface area contributed by atoms with Crippen LogP contribution in [0.4, 0.5) is 0 Å². The fourth-order valence-electron chi connectivity index (χ4n) is 2.99. The normalized spacial score (nSPS) is 12.6. The summed E-state index contributed by atoms with van der Waals surface area (Å²) in [6.45, 7) is 5.13. The predicted molar refractivity (Wildman–Crippen MR) is 122 cm³/mol. The zero-order chi connectivity index (χ0) is 21.2. The molecule has 0 fully saturated rings. The van der Waals surface area contributed by atoms with Gasteiger partial charge in [-0.25, -0.2) is 0 Å². The van der Waals surface area contributed by atoms with Crippen molar-refractivity contribution in [3.8, 4) is 16.9 Å². The van der Waals surface area contributed by atoms with Crippen molar-refractivity contribution in [3.05, 3.63) is 53.1 Å². The molecule has 156 valence electrons. The molecule has 0 aliphatic rings. The molecule has 6 heteroatoms. The summed E-state index contributed by atoms with van der Waals surface area (Å²) >= 11 is 6.16. The van der Waals surface area contributed by atoms with Gasteiger partial charge in [-0.15, -0.1) is 0 Å². The van der Waals surface area contributed by atoms with E-state index in [1.165, 1.54) is 0 Å². The highest BCUT2D eigenvalue weighted by molar-refractivity contribution is 6.38. The molecule has 0 aliphatic carbocycles. The second-order valence-corrected chi connectivity index (χ2v) is 7.41. The number of hydrogen-bond donors (Lipinski definition) is 2. The van der Waals surface area contributed by atoms with Crippen LogP contribution in [0.25, 0.3) is 11.1 Å². The van der Waals surface area contributed by atoms with Crippen molar-refractivity contribution in [2.75, 3.05) is 20.3 Å². The van der Waals surface area contributed by atoms with E-state index in [2.05, 4.69) is 11.1 Å². The first-order valence-electron chi connectivity index (χ1n) is 9.82. The van der Waals surface area contributed by atoms with Crippen LogP contribution in [0.2, 0.25) is 5.02 Å². The molecule has 0 saturated heterocycles. The number of hydrogen-bond acceptors (Lipinski definition) is 4. The maximum absolute atomic E-state index is 7.59. The smallest absolute Gasteiger partial charge is 0.136 e. The number of unbranched alkanes of at least 4 members (excludes halogenated alkanes) is 2. The number of benzene rings is 2. The SMILES string of the molecule is COCCCCCOc1ccc(-c2cccc(Cl)c2)cc1C(C)/N=C(/C)C(=N)N. The summed E-state index contributed by atoms with van der Waals surface area (Å²) in [6, 6.07) is 13.6. The number of rotatable bonds is 11. The monoisotopic (exact) mass is 415 g/mol. The van der Waals surface area contributed by atoms with E-state index in [-0.39, 0.29) is 11.9 Å². The van der Waals surface area contributed by atoms with E-state index in [0.29, 0.717) is 17.3 Å². The molecule has 2 aromatic carbocycles. The molecule has 3 N–H and O–H groups in total. The maximum atomic E-state index is 7.59. The average Bonchev–Trinajstić information content (AvgIpc) is 2.70. The number of nitrogens with one attached hydrogen (secondary N) is 1. The van der Waals surface area contributed by atoms with E-state index in [1.54, 1.807) is 14.0 Å². The lowest BCUT2D eigenvalue weighted by atomic mass is 9.99. The Balaban J connectivity index is 2.26. The van der Waals surface area contributed by atoms with Crippen molar-refractivity contribution in [1.82, 2.24) is 0 Å². The first kappa shape index (κ1) is 22.9. The van der Waals surface area contributed by atoms with Crippen LogP contribution in [0.5, 0.6) is 5.75 Å². The highest BCUT2D eigenvalue weighted by atomic mass is 35.5. The van der Waals surface area contributed by atoms with Crippen LogP contribution in [0.15, 0.2) is 47.5 Å². The molecular formula is C23H30ClN3O2. The molecule has 0 aliphatic heterocycles. The molecule has 0 spiro atoms. The molecule has 0 aromatic heterocycles. The third-order valence-corrected chi connectivity index (χ3v) is 4.88. The van der Waals surface area contributed by atoms with Crippen molar-refractivity contribution in [2.45, 2.75) is 39.2 Å². The van der Waals surface area contributed by atoms with E-state index in [0.717, 1.165) is 48.3 Å². The molecule has 0 heterocycles. The van der Waals surface area contributed by atoms with Crippen molar-refractivity contribution < 1.29 is 9.47 Å². The van der Waals surface area contributed by atoms with E-state index < -0.39 is 0 Å². The van der Waals surface area contributed by atoms with E-state index in [4.69, 9.17) is 32.2 Å². The van der Waals surface area contributed by atoms with E-state index >= 15 is 0 Å². The Kier molecular flexibility index (Phi) is 9.16. The minimum Gasteiger partial charge on any atom is -0.493 e. The number of nitrogens with zero attached hydrogens (tertiary/aromatic N) is 1. The van der Waals surface area contributed by atoms with Crippen molar-refractivity contribution >= 4 is 23.1 Å². The summed E-state index contributed by atoms with van der Waals surface area (Å²) in [7, 11) is 1.72. The third kappa shape index (κ3) is 7.18. The summed E-state index contributed by atoms with van der Waals surface area (Å²) in [5.74, 6) is 0.776. The first-order valence-corrected chi connectivity index (χ1v) is 10.2. The Morgan fingerprint density at radius 3 is 2.52 bits per heavy atom. The van der Waals surface area contributed by atoms with Gasteiger partial charge in [0.25, 0.3) is 0 Å². The lowest BCUT2D eigenvalue weighted by Crippen LogP contribution is -2.20. The Labute approximate surface area is 178 Å². The molecule has 0 saturated carbocycles. The molecular weight excluding hydrogens is 386 g/mol. The van der Waals surface area contributed by atoms with Crippen molar-refractivity contribution in [2.24, 2.45) is 10.7 Å². The lowest BCUT2D eigenvalue weighted by molar-refractivity contribution is 0.189. The molecule has 1 unspecified atom stereocenters. The summed E-state index contributed by atoms with van der Waals surface area (Å²) in [5, 5.41) is 8.29. The zero-order valence-electron chi connectivity index (χ0n) is 17.4. The Morgan fingerprint density at radius 2 is 1.83 bits per heavy atom. The molecule has 0 amide bonds. The number of aliphatic imine (C=N–C) groups is 1. The van der Waals surface area contributed by atoms with Gasteiger partial charge in [-0.2, -0.15) is 0 Å². The fourth-order valence-corrected chi connectivity index (χ4v) is 3.18. The molecule has 29 heavy (non-hydrogen) atoms. The van der Waals surface area contributed by atoms with Gasteiger partial charge in [-0.3, -0.25) is 10.4 Å². The van der Waals surface area contributed by atoms with Crippen LogP contribution in [-0.4, -0.2) is 31.9 Å². The van der Waals surface area contributed by atoms with Gasteiger partial charge in [-0.1, -0.05) is 29.8 Å². The van der Waals surface area contributed by atoms with E-state index in [9.17, 15) is 0 Å². The van der Waals surface area contributed by atoms with Gasteiger partial charge in [0.05, 0.1) is 18.4 Å².